The Hall–Kier alpha value is -2.62. The summed E-state index contributed by atoms with van der Waals surface area (Å²) in [6, 6.07) is 18.6. The van der Waals surface area contributed by atoms with Gasteiger partial charge in [-0.1, -0.05) is 82.3 Å². The Morgan fingerprint density at radius 2 is 1.38 bits per heavy atom. The molecule has 29 heavy (non-hydrogen) atoms. The summed E-state index contributed by atoms with van der Waals surface area (Å²) in [6.07, 6.45) is 4.61. The van der Waals surface area contributed by atoms with Crippen LogP contribution in [0.5, 0.6) is 0 Å². The van der Waals surface area contributed by atoms with E-state index in [1.165, 1.54) is 11.1 Å². The zero-order valence-corrected chi connectivity index (χ0v) is 18.0. The van der Waals surface area contributed by atoms with Crippen molar-refractivity contribution in [3.63, 3.8) is 0 Å². The molecule has 0 aliphatic heterocycles. The largest absolute Gasteiger partial charge is 0.340 e. The first-order chi connectivity index (χ1) is 13.8. The second-order valence-electron chi connectivity index (χ2n) is 8.72. The van der Waals surface area contributed by atoms with Gasteiger partial charge >= 0.3 is 5.97 Å². The highest BCUT2D eigenvalue weighted by molar-refractivity contribution is 5.80. The van der Waals surface area contributed by atoms with E-state index in [4.69, 9.17) is 4.84 Å². The number of hydrogen-bond acceptors (Lipinski definition) is 3. The number of carbonyl (C=O) groups excluding carboxylic acids is 2. The summed E-state index contributed by atoms with van der Waals surface area (Å²) < 4.78 is 0. The second kappa shape index (κ2) is 10.8. The van der Waals surface area contributed by atoms with Gasteiger partial charge < -0.3 is 4.84 Å². The van der Waals surface area contributed by atoms with Gasteiger partial charge in [0.05, 0.1) is 12.3 Å². The van der Waals surface area contributed by atoms with E-state index in [1.54, 1.807) is 6.92 Å². The predicted molar refractivity (Wildman–Crippen MR) is 116 cm³/mol. The molecule has 4 heteroatoms. The fraction of sp³-hybridized carbons (Fsp3) is 0.440. The van der Waals surface area contributed by atoms with Crippen molar-refractivity contribution in [1.29, 1.82) is 0 Å². The normalized spacial score (nSPS) is 12.3. The number of rotatable bonds is 8. The number of amides is 1. The number of benzene rings is 2. The molecule has 0 aliphatic rings. The highest BCUT2D eigenvalue weighted by Gasteiger charge is 2.28. The highest BCUT2D eigenvalue weighted by Crippen LogP contribution is 2.25. The van der Waals surface area contributed by atoms with Crippen LogP contribution in [0.25, 0.3) is 0 Å². The molecule has 156 valence electrons. The van der Waals surface area contributed by atoms with Crippen LogP contribution in [0.3, 0.4) is 0 Å². The van der Waals surface area contributed by atoms with Crippen LogP contribution in [0.15, 0.2) is 54.6 Å². The van der Waals surface area contributed by atoms with Gasteiger partial charge in [-0.2, -0.15) is 5.48 Å². The SMILES string of the molecule is C[C@H](C(=O)ONC(=O)Cc1ccc(CCCCc2ccccc2)cc1)C(C)(C)C. The van der Waals surface area contributed by atoms with Gasteiger partial charge in [0.1, 0.15) is 0 Å². The molecule has 4 nitrogen and oxygen atoms in total. The van der Waals surface area contributed by atoms with E-state index in [0.29, 0.717) is 0 Å². The highest BCUT2D eigenvalue weighted by atomic mass is 16.7. The summed E-state index contributed by atoms with van der Waals surface area (Å²) in [7, 11) is 0. The van der Waals surface area contributed by atoms with Gasteiger partial charge in [0.2, 0.25) is 0 Å². The van der Waals surface area contributed by atoms with Crippen LogP contribution in [-0.4, -0.2) is 11.9 Å². The topological polar surface area (TPSA) is 55.4 Å². The minimum Gasteiger partial charge on any atom is -0.340 e. The average molecular weight is 396 g/mol. The van der Waals surface area contributed by atoms with Crippen molar-refractivity contribution < 1.29 is 14.4 Å². The number of aryl methyl sites for hydroxylation is 2. The quantitative estimate of drug-likeness (QED) is 0.503. The first-order valence-corrected chi connectivity index (χ1v) is 10.4. The molecular weight excluding hydrogens is 362 g/mol. The van der Waals surface area contributed by atoms with Crippen molar-refractivity contribution in [3.8, 4) is 0 Å². The summed E-state index contributed by atoms with van der Waals surface area (Å²) in [5, 5.41) is 0. The maximum atomic E-state index is 12.0. The van der Waals surface area contributed by atoms with Gasteiger partial charge in [-0.05, 0) is 47.8 Å². The fourth-order valence-corrected chi connectivity index (χ4v) is 2.90. The maximum Gasteiger partial charge on any atom is 0.335 e. The van der Waals surface area contributed by atoms with Gasteiger partial charge in [0, 0.05) is 0 Å². The Bertz CT molecular complexity index is 776. The molecule has 0 unspecified atom stereocenters. The summed E-state index contributed by atoms with van der Waals surface area (Å²) in [5.41, 5.74) is 5.61. The van der Waals surface area contributed by atoms with Crippen molar-refractivity contribution in [2.75, 3.05) is 0 Å². The molecule has 2 aromatic carbocycles. The van der Waals surface area contributed by atoms with Crippen molar-refractivity contribution in [3.05, 3.63) is 71.3 Å². The van der Waals surface area contributed by atoms with Gasteiger partial charge in [0.25, 0.3) is 5.91 Å². The van der Waals surface area contributed by atoms with Crippen LogP contribution in [0.2, 0.25) is 0 Å². The minimum atomic E-state index is -0.420. The van der Waals surface area contributed by atoms with E-state index < -0.39 is 5.97 Å². The van der Waals surface area contributed by atoms with Crippen LogP contribution < -0.4 is 5.48 Å². The first kappa shape index (κ1) is 22.7. The zero-order chi connectivity index (χ0) is 21.3. The fourth-order valence-electron chi connectivity index (χ4n) is 2.90. The summed E-state index contributed by atoms with van der Waals surface area (Å²) >= 11 is 0. The third-order valence-electron chi connectivity index (χ3n) is 5.33. The van der Waals surface area contributed by atoms with Gasteiger partial charge in [-0.3, -0.25) is 4.79 Å². The van der Waals surface area contributed by atoms with Crippen molar-refractivity contribution in [1.82, 2.24) is 5.48 Å². The molecule has 1 amide bonds. The lowest BCUT2D eigenvalue weighted by molar-refractivity contribution is -0.164. The maximum absolute atomic E-state index is 12.0. The molecule has 0 heterocycles. The first-order valence-electron chi connectivity index (χ1n) is 10.4. The Morgan fingerprint density at radius 3 is 1.93 bits per heavy atom. The number of hydrogen-bond donors (Lipinski definition) is 1. The monoisotopic (exact) mass is 395 g/mol. The van der Waals surface area contributed by atoms with E-state index in [2.05, 4.69) is 41.9 Å². The minimum absolute atomic E-state index is 0.186. The third kappa shape index (κ3) is 8.10. The number of hydroxylamine groups is 1. The van der Waals surface area contributed by atoms with E-state index in [9.17, 15) is 9.59 Å². The van der Waals surface area contributed by atoms with Crippen LogP contribution >= 0.6 is 0 Å². The second-order valence-corrected chi connectivity index (χ2v) is 8.72. The summed E-state index contributed by atoms with van der Waals surface area (Å²) in [4.78, 5) is 29.0. The molecule has 0 spiro atoms. The van der Waals surface area contributed by atoms with E-state index in [0.717, 1.165) is 31.2 Å². The van der Waals surface area contributed by atoms with E-state index in [-0.39, 0.29) is 23.7 Å². The number of nitrogens with one attached hydrogen (secondary N) is 1. The van der Waals surface area contributed by atoms with Gasteiger partial charge in [-0.15, -0.1) is 0 Å². The lowest BCUT2D eigenvalue weighted by Gasteiger charge is -2.24. The molecular formula is C25H33NO3. The molecule has 0 fully saturated rings. The molecule has 0 aliphatic carbocycles. The molecule has 1 atom stereocenters. The molecule has 0 saturated carbocycles. The van der Waals surface area contributed by atoms with Crippen molar-refractivity contribution in [2.24, 2.45) is 11.3 Å². The lowest BCUT2D eigenvalue weighted by Crippen LogP contribution is -2.35. The number of unbranched alkanes of at least 4 members (excludes halogenated alkanes) is 1. The van der Waals surface area contributed by atoms with Gasteiger partial charge in [-0.25, -0.2) is 4.79 Å². The van der Waals surface area contributed by atoms with Gasteiger partial charge in [0.15, 0.2) is 0 Å². The van der Waals surface area contributed by atoms with Crippen LogP contribution in [0, 0.1) is 11.3 Å². The smallest absolute Gasteiger partial charge is 0.335 e. The Balaban J connectivity index is 1.70. The van der Waals surface area contributed by atoms with E-state index in [1.807, 2.05) is 39.0 Å². The van der Waals surface area contributed by atoms with E-state index >= 15 is 0 Å². The zero-order valence-electron chi connectivity index (χ0n) is 18.0. The molecule has 1 N–H and O–H groups in total. The molecule has 0 saturated heterocycles. The predicted octanol–water partition coefficient (Wildman–Crippen LogP) is 5.05. The standard InChI is InChI=1S/C25H33NO3/c1-19(25(2,3)4)24(28)29-26-23(27)18-22-16-14-21(15-17-22)13-9-8-12-20-10-6-5-7-11-20/h5-7,10-11,14-17,19H,8-9,12-13,18H2,1-4H3,(H,26,27)/t19-/m1/s1. The average Bonchev–Trinajstić information content (AvgIpc) is 2.70. The molecule has 0 aromatic heterocycles. The Morgan fingerprint density at radius 1 is 0.862 bits per heavy atom. The third-order valence-corrected chi connectivity index (χ3v) is 5.33. The molecule has 2 rings (SSSR count). The van der Waals surface area contributed by atoms with Crippen LogP contribution in [0.1, 0.15) is 57.2 Å². The summed E-state index contributed by atoms with van der Waals surface area (Å²) in [5.74, 6) is -1.05. The van der Waals surface area contributed by atoms with Crippen molar-refractivity contribution >= 4 is 11.9 Å². The van der Waals surface area contributed by atoms with Crippen molar-refractivity contribution in [2.45, 2.75) is 59.8 Å². The molecule has 0 radical (unpaired) electrons. The lowest BCUT2D eigenvalue weighted by atomic mass is 9.82. The Labute approximate surface area is 174 Å². The molecule has 0 bridgehead atoms. The molecule has 2 aromatic rings. The Kier molecular flexibility index (Phi) is 8.44. The van der Waals surface area contributed by atoms with Crippen LogP contribution in [0.4, 0.5) is 0 Å². The van der Waals surface area contributed by atoms with Crippen LogP contribution in [-0.2, 0) is 33.7 Å². The number of carbonyl (C=O) groups is 2. The summed E-state index contributed by atoms with van der Waals surface area (Å²) in [6.45, 7) is 7.69.